The second-order valence-corrected chi connectivity index (χ2v) is 4.33. The van der Waals surface area contributed by atoms with Gasteiger partial charge in [-0.3, -0.25) is 0 Å². The number of phenolic OH excluding ortho intramolecular Hbond substituents is 1. The normalized spacial score (nSPS) is 9.94. The van der Waals surface area contributed by atoms with Crippen LogP contribution in [0.1, 0.15) is 5.56 Å². The number of rotatable bonds is 1. The molecule has 84 valence electrons. The highest BCUT2D eigenvalue weighted by Crippen LogP contribution is 2.36. The van der Waals surface area contributed by atoms with Gasteiger partial charge in [-0.25, -0.2) is 4.39 Å². The van der Waals surface area contributed by atoms with Crippen molar-refractivity contribution < 1.29 is 9.50 Å². The van der Waals surface area contributed by atoms with E-state index in [9.17, 15) is 9.50 Å². The van der Waals surface area contributed by atoms with Gasteiger partial charge in [-0.2, -0.15) is 5.26 Å². The summed E-state index contributed by atoms with van der Waals surface area (Å²) in [5, 5.41) is 18.7. The molecule has 17 heavy (non-hydrogen) atoms. The number of benzene rings is 2. The summed E-state index contributed by atoms with van der Waals surface area (Å²) in [7, 11) is 0. The van der Waals surface area contributed by atoms with Gasteiger partial charge in [0.25, 0.3) is 0 Å². The summed E-state index contributed by atoms with van der Waals surface area (Å²) >= 11 is 3.16. The van der Waals surface area contributed by atoms with E-state index in [4.69, 9.17) is 5.26 Å². The number of nitrogens with zero attached hydrogens (tertiary/aromatic N) is 1. The van der Waals surface area contributed by atoms with Crippen molar-refractivity contribution in [2.24, 2.45) is 0 Å². The summed E-state index contributed by atoms with van der Waals surface area (Å²) in [4.78, 5) is 0. The van der Waals surface area contributed by atoms with Crippen molar-refractivity contribution in [1.29, 1.82) is 5.26 Å². The molecule has 2 rings (SSSR count). The molecule has 0 aliphatic carbocycles. The second kappa shape index (κ2) is 4.56. The van der Waals surface area contributed by atoms with Crippen LogP contribution < -0.4 is 0 Å². The van der Waals surface area contributed by atoms with Crippen LogP contribution in [0.25, 0.3) is 11.1 Å². The number of aromatic hydroxyl groups is 1. The number of hydrogen-bond acceptors (Lipinski definition) is 2. The molecule has 0 bridgehead atoms. The van der Waals surface area contributed by atoms with E-state index >= 15 is 0 Å². The first-order valence-electron chi connectivity index (χ1n) is 4.80. The Morgan fingerprint density at radius 1 is 1.24 bits per heavy atom. The van der Waals surface area contributed by atoms with Crippen LogP contribution in [0.2, 0.25) is 0 Å². The Morgan fingerprint density at radius 3 is 2.65 bits per heavy atom. The molecule has 0 saturated heterocycles. The van der Waals surface area contributed by atoms with E-state index in [1.165, 1.54) is 24.3 Å². The zero-order valence-electron chi connectivity index (χ0n) is 8.61. The van der Waals surface area contributed by atoms with Gasteiger partial charge in [0.05, 0.1) is 16.1 Å². The molecule has 0 atom stereocenters. The third kappa shape index (κ3) is 2.29. The van der Waals surface area contributed by atoms with Crippen molar-refractivity contribution in [3.05, 3.63) is 52.3 Å². The van der Waals surface area contributed by atoms with Gasteiger partial charge in [0.1, 0.15) is 11.6 Å². The van der Waals surface area contributed by atoms with E-state index in [0.717, 1.165) is 0 Å². The standard InChI is InChI=1S/C13H7BrFNO/c14-12-5-8(7-16)4-11(13(12)17)9-2-1-3-10(15)6-9/h1-6,17H. The monoisotopic (exact) mass is 291 g/mol. The lowest BCUT2D eigenvalue weighted by atomic mass is 10.0. The maximum Gasteiger partial charge on any atom is 0.137 e. The van der Waals surface area contributed by atoms with Crippen LogP contribution in [0.4, 0.5) is 4.39 Å². The summed E-state index contributed by atoms with van der Waals surface area (Å²) in [5.41, 5.74) is 1.35. The Hall–Kier alpha value is -1.86. The highest BCUT2D eigenvalue weighted by atomic mass is 79.9. The Bertz CT molecular complexity index is 619. The minimum Gasteiger partial charge on any atom is -0.506 e. The van der Waals surface area contributed by atoms with Crippen LogP contribution in [-0.4, -0.2) is 5.11 Å². The van der Waals surface area contributed by atoms with Gasteiger partial charge >= 0.3 is 0 Å². The number of hydrogen-bond donors (Lipinski definition) is 1. The predicted molar refractivity (Wildman–Crippen MR) is 65.9 cm³/mol. The van der Waals surface area contributed by atoms with Crippen molar-refractivity contribution in [2.75, 3.05) is 0 Å². The zero-order valence-corrected chi connectivity index (χ0v) is 10.2. The van der Waals surface area contributed by atoms with Gasteiger partial charge in [-0.15, -0.1) is 0 Å². The average Bonchev–Trinajstić information content (AvgIpc) is 2.32. The predicted octanol–water partition coefficient (Wildman–Crippen LogP) is 3.83. The summed E-state index contributed by atoms with van der Waals surface area (Å²) in [6, 6.07) is 10.9. The number of nitriles is 1. The van der Waals surface area contributed by atoms with Gasteiger partial charge in [0.15, 0.2) is 0 Å². The third-order valence-corrected chi connectivity index (χ3v) is 2.93. The molecular weight excluding hydrogens is 285 g/mol. The van der Waals surface area contributed by atoms with Crippen LogP contribution >= 0.6 is 15.9 Å². The maximum absolute atomic E-state index is 13.1. The molecule has 0 unspecified atom stereocenters. The van der Waals surface area contributed by atoms with Crippen LogP contribution in [0, 0.1) is 17.1 Å². The maximum atomic E-state index is 13.1. The minimum atomic E-state index is -0.389. The van der Waals surface area contributed by atoms with Crippen molar-refractivity contribution in [3.63, 3.8) is 0 Å². The van der Waals surface area contributed by atoms with Crippen LogP contribution in [0.15, 0.2) is 40.9 Å². The third-order valence-electron chi connectivity index (χ3n) is 2.33. The molecule has 0 aliphatic rings. The lowest BCUT2D eigenvalue weighted by molar-refractivity contribution is 0.474. The van der Waals surface area contributed by atoms with E-state index < -0.39 is 0 Å². The molecule has 0 radical (unpaired) electrons. The van der Waals surface area contributed by atoms with Crippen molar-refractivity contribution in [1.82, 2.24) is 0 Å². The lowest BCUT2D eigenvalue weighted by Crippen LogP contribution is -1.85. The summed E-state index contributed by atoms with van der Waals surface area (Å²) in [6.07, 6.45) is 0. The second-order valence-electron chi connectivity index (χ2n) is 3.48. The Balaban J connectivity index is 2.67. The van der Waals surface area contributed by atoms with E-state index in [-0.39, 0.29) is 11.6 Å². The Labute approximate surface area is 106 Å². The van der Waals surface area contributed by atoms with Crippen molar-refractivity contribution in [2.45, 2.75) is 0 Å². The van der Waals surface area contributed by atoms with E-state index in [2.05, 4.69) is 15.9 Å². The van der Waals surface area contributed by atoms with Gasteiger partial charge in [0, 0.05) is 5.56 Å². The van der Waals surface area contributed by atoms with Gasteiger partial charge in [-0.1, -0.05) is 12.1 Å². The summed E-state index contributed by atoms with van der Waals surface area (Å²) in [5.74, 6) is -0.394. The molecule has 0 saturated carbocycles. The van der Waals surface area contributed by atoms with E-state index in [0.29, 0.717) is 21.2 Å². The highest BCUT2D eigenvalue weighted by molar-refractivity contribution is 9.10. The first kappa shape index (κ1) is 11.6. The topological polar surface area (TPSA) is 44.0 Å². The summed E-state index contributed by atoms with van der Waals surface area (Å²) in [6.45, 7) is 0. The molecule has 1 N–H and O–H groups in total. The van der Waals surface area contributed by atoms with Crippen molar-refractivity contribution in [3.8, 4) is 22.9 Å². The van der Waals surface area contributed by atoms with Gasteiger partial charge < -0.3 is 5.11 Å². The minimum absolute atomic E-state index is 0.00500. The zero-order chi connectivity index (χ0) is 12.4. The fourth-order valence-electron chi connectivity index (χ4n) is 1.54. The largest absolute Gasteiger partial charge is 0.506 e. The fraction of sp³-hybridized carbons (Fsp3) is 0. The molecule has 0 fully saturated rings. The lowest BCUT2D eigenvalue weighted by Gasteiger charge is -2.07. The molecule has 0 spiro atoms. The molecule has 0 heterocycles. The average molecular weight is 292 g/mol. The quantitative estimate of drug-likeness (QED) is 0.868. The van der Waals surface area contributed by atoms with Crippen LogP contribution in [0.3, 0.4) is 0 Å². The Morgan fingerprint density at radius 2 is 2.00 bits per heavy atom. The molecule has 4 heteroatoms. The molecule has 0 aromatic heterocycles. The molecule has 2 nitrogen and oxygen atoms in total. The SMILES string of the molecule is N#Cc1cc(Br)c(O)c(-c2cccc(F)c2)c1. The molecule has 0 aliphatic heterocycles. The van der Waals surface area contributed by atoms with Crippen LogP contribution in [0.5, 0.6) is 5.75 Å². The fourth-order valence-corrected chi connectivity index (χ4v) is 2.00. The number of phenols is 1. The van der Waals surface area contributed by atoms with Gasteiger partial charge in [-0.05, 0) is 45.8 Å². The van der Waals surface area contributed by atoms with Gasteiger partial charge in [0.2, 0.25) is 0 Å². The van der Waals surface area contributed by atoms with E-state index in [1.54, 1.807) is 12.1 Å². The van der Waals surface area contributed by atoms with Crippen LogP contribution in [-0.2, 0) is 0 Å². The molecular formula is C13H7BrFNO. The summed E-state index contributed by atoms with van der Waals surface area (Å²) < 4.78 is 13.5. The molecule has 2 aromatic carbocycles. The Kier molecular flexibility index (Phi) is 3.12. The number of halogens is 2. The van der Waals surface area contributed by atoms with Crippen molar-refractivity contribution >= 4 is 15.9 Å². The first-order chi connectivity index (χ1) is 8.11. The smallest absolute Gasteiger partial charge is 0.137 e. The van der Waals surface area contributed by atoms with E-state index in [1.807, 2.05) is 6.07 Å². The molecule has 0 amide bonds. The highest BCUT2D eigenvalue weighted by Gasteiger charge is 2.10. The first-order valence-corrected chi connectivity index (χ1v) is 5.59. The molecule has 2 aromatic rings.